The van der Waals surface area contributed by atoms with Crippen molar-refractivity contribution in [1.82, 2.24) is 0 Å². The smallest absolute Gasteiger partial charge is 0.264 e. The van der Waals surface area contributed by atoms with Crippen molar-refractivity contribution in [3.63, 3.8) is 0 Å². The second-order valence-corrected chi connectivity index (χ2v) is 10.5. The maximum Gasteiger partial charge on any atom is 0.264 e. The first-order valence-electron chi connectivity index (χ1n) is 12.9. The lowest BCUT2D eigenvalue weighted by atomic mass is 9.83. The lowest BCUT2D eigenvalue weighted by molar-refractivity contribution is -0.139. The second-order valence-electron chi connectivity index (χ2n) is 10.0. The van der Waals surface area contributed by atoms with E-state index in [-0.39, 0.29) is 19.1 Å². The van der Waals surface area contributed by atoms with Crippen molar-refractivity contribution >= 4 is 51.2 Å². The third-order valence-corrected chi connectivity index (χ3v) is 7.94. The number of carbonyl (C=O) groups is 2. The monoisotopic (exact) mass is 538 g/mol. The predicted molar refractivity (Wildman–Crippen MR) is 153 cm³/mol. The molecule has 4 aromatic rings. The van der Waals surface area contributed by atoms with Crippen LogP contribution in [-0.2, 0) is 16.9 Å². The summed E-state index contributed by atoms with van der Waals surface area (Å²) in [5.41, 5.74) is 2.43. The van der Waals surface area contributed by atoms with Crippen LogP contribution in [0.1, 0.15) is 34.8 Å². The number of benzene rings is 4. The molecule has 4 aromatic carbocycles. The maximum atomic E-state index is 13.7. The van der Waals surface area contributed by atoms with Gasteiger partial charge in [0.1, 0.15) is 0 Å². The van der Waals surface area contributed by atoms with Crippen molar-refractivity contribution in [3.8, 4) is 0 Å². The Morgan fingerprint density at radius 2 is 1.72 bits per heavy atom. The minimum atomic E-state index is -1.78. The molecule has 39 heavy (non-hydrogen) atoms. The summed E-state index contributed by atoms with van der Waals surface area (Å²) < 4.78 is 0. The number of hydrogen-bond acceptors (Lipinski definition) is 4. The van der Waals surface area contributed by atoms with Crippen molar-refractivity contribution in [2.24, 2.45) is 5.92 Å². The Hall–Kier alpha value is -3.97. The van der Waals surface area contributed by atoms with Crippen molar-refractivity contribution in [3.05, 3.63) is 113 Å². The summed E-state index contributed by atoms with van der Waals surface area (Å²) in [4.78, 5) is 30.3. The van der Waals surface area contributed by atoms with Gasteiger partial charge in [0.25, 0.3) is 11.8 Å². The van der Waals surface area contributed by atoms with Crippen LogP contribution in [0.15, 0.2) is 91.0 Å². The van der Waals surface area contributed by atoms with E-state index in [9.17, 15) is 14.7 Å². The SMILES string of the molecule is C[C@H](/C=C/CCO)[C@@]1(O)C(=O)N(Cc2ccc(N3C(=O)c4cccc5cccc3c45)cc2)c2ccc(Cl)cc21. The van der Waals surface area contributed by atoms with Crippen LogP contribution in [0.25, 0.3) is 10.8 Å². The number of nitrogens with zero attached hydrogens (tertiary/aromatic N) is 2. The Bertz CT molecular complexity index is 1640. The van der Waals surface area contributed by atoms with E-state index < -0.39 is 17.4 Å². The first-order chi connectivity index (χ1) is 18.8. The fraction of sp³-hybridized carbons (Fsp3) is 0.188. The van der Waals surface area contributed by atoms with Crippen LogP contribution in [0.4, 0.5) is 17.1 Å². The normalized spacial score (nSPS) is 19.0. The van der Waals surface area contributed by atoms with Gasteiger partial charge >= 0.3 is 0 Å². The molecule has 7 heteroatoms. The molecule has 2 amide bonds. The predicted octanol–water partition coefficient (Wildman–Crippen LogP) is 6.09. The summed E-state index contributed by atoms with van der Waals surface area (Å²) in [7, 11) is 0. The van der Waals surface area contributed by atoms with Gasteiger partial charge in [0.15, 0.2) is 5.60 Å². The highest BCUT2D eigenvalue weighted by molar-refractivity contribution is 6.31. The molecule has 0 saturated heterocycles. The Morgan fingerprint density at radius 3 is 2.46 bits per heavy atom. The zero-order valence-corrected chi connectivity index (χ0v) is 22.1. The fourth-order valence-electron chi connectivity index (χ4n) is 5.70. The van der Waals surface area contributed by atoms with Gasteiger partial charge in [-0.25, -0.2) is 0 Å². The Morgan fingerprint density at radius 1 is 0.974 bits per heavy atom. The lowest BCUT2D eigenvalue weighted by Crippen LogP contribution is -2.44. The third kappa shape index (κ3) is 3.95. The zero-order chi connectivity index (χ0) is 27.3. The molecule has 196 valence electrons. The van der Waals surface area contributed by atoms with E-state index in [1.54, 1.807) is 47.1 Å². The molecule has 2 atom stereocenters. The van der Waals surface area contributed by atoms with Gasteiger partial charge in [0, 0.05) is 34.2 Å². The van der Waals surface area contributed by atoms with Crippen LogP contribution in [0.3, 0.4) is 0 Å². The molecule has 0 aromatic heterocycles. The number of anilines is 3. The summed E-state index contributed by atoms with van der Waals surface area (Å²) in [6.07, 6.45) is 3.95. The molecule has 2 aliphatic heterocycles. The molecule has 0 bridgehead atoms. The Kier molecular flexibility index (Phi) is 6.26. The first-order valence-corrected chi connectivity index (χ1v) is 13.3. The van der Waals surface area contributed by atoms with Gasteiger partial charge in [-0.3, -0.25) is 14.5 Å². The van der Waals surface area contributed by atoms with E-state index in [1.165, 1.54) is 0 Å². The summed E-state index contributed by atoms with van der Waals surface area (Å²) in [6.45, 7) is 2.01. The molecule has 0 unspecified atom stereocenters. The van der Waals surface area contributed by atoms with Crippen molar-refractivity contribution in [2.75, 3.05) is 16.4 Å². The van der Waals surface area contributed by atoms with Gasteiger partial charge in [-0.1, -0.05) is 67.1 Å². The quantitative estimate of drug-likeness (QED) is 0.279. The van der Waals surface area contributed by atoms with Gasteiger partial charge in [-0.2, -0.15) is 0 Å². The molecule has 2 aliphatic rings. The molecule has 0 saturated carbocycles. The van der Waals surface area contributed by atoms with Crippen molar-refractivity contribution < 1.29 is 19.8 Å². The first kappa shape index (κ1) is 25.3. The summed E-state index contributed by atoms with van der Waals surface area (Å²) in [5, 5.41) is 23.3. The number of fused-ring (bicyclic) bond motifs is 1. The highest BCUT2D eigenvalue weighted by atomic mass is 35.5. The topological polar surface area (TPSA) is 81.1 Å². The van der Waals surface area contributed by atoms with Crippen LogP contribution in [-0.4, -0.2) is 28.6 Å². The standard InChI is InChI=1S/C32H27ClN2O4/c1-20(6-2-3-17-36)32(39)26-18-23(33)13-16-27(26)34(31(32)38)19-21-11-14-24(15-12-21)35-28-10-5-8-22-7-4-9-25(29(22)28)30(35)37/h2,4-16,18,20,36,39H,3,17,19H2,1H3/b6-2+/t20-,32+/m1/s1. The van der Waals surface area contributed by atoms with E-state index in [2.05, 4.69) is 0 Å². The van der Waals surface area contributed by atoms with Gasteiger partial charge in [-0.05, 0) is 59.8 Å². The largest absolute Gasteiger partial charge is 0.396 e. The average molecular weight is 539 g/mol. The van der Waals surface area contributed by atoms with Gasteiger partial charge in [-0.15, -0.1) is 0 Å². The highest BCUT2D eigenvalue weighted by Gasteiger charge is 2.52. The van der Waals surface area contributed by atoms with Crippen LogP contribution in [0.5, 0.6) is 0 Å². The summed E-state index contributed by atoms with van der Waals surface area (Å²) in [6, 6.07) is 24.3. The van der Waals surface area contributed by atoms with E-state index in [1.807, 2.05) is 60.7 Å². The van der Waals surface area contributed by atoms with Gasteiger partial charge in [0.2, 0.25) is 0 Å². The highest BCUT2D eigenvalue weighted by Crippen LogP contribution is 2.47. The van der Waals surface area contributed by atoms with E-state index in [0.29, 0.717) is 28.3 Å². The van der Waals surface area contributed by atoms with Crippen LogP contribution in [0.2, 0.25) is 5.02 Å². The van der Waals surface area contributed by atoms with Crippen molar-refractivity contribution in [2.45, 2.75) is 25.5 Å². The number of hydrogen-bond donors (Lipinski definition) is 2. The van der Waals surface area contributed by atoms with Crippen LogP contribution in [0, 0.1) is 5.92 Å². The molecule has 6 nitrogen and oxygen atoms in total. The van der Waals surface area contributed by atoms with Crippen LogP contribution < -0.4 is 9.80 Å². The van der Waals surface area contributed by atoms with Crippen molar-refractivity contribution in [1.29, 1.82) is 0 Å². The number of aliphatic hydroxyl groups excluding tert-OH is 1. The molecule has 0 spiro atoms. The molecular formula is C32H27ClN2O4. The molecule has 6 rings (SSSR count). The number of rotatable bonds is 7. The van der Waals surface area contributed by atoms with Crippen LogP contribution >= 0.6 is 11.6 Å². The Labute approximate surface area is 231 Å². The zero-order valence-electron chi connectivity index (χ0n) is 21.3. The van der Waals surface area contributed by atoms with E-state index >= 15 is 0 Å². The molecule has 0 aliphatic carbocycles. The fourth-order valence-corrected chi connectivity index (χ4v) is 5.87. The average Bonchev–Trinajstić information content (AvgIpc) is 3.35. The van der Waals surface area contributed by atoms with Gasteiger partial charge < -0.3 is 15.1 Å². The molecule has 2 N–H and O–H groups in total. The summed E-state index contributed by atoms with van der Waals surface area (Å²) >= 11 is 6.27. The molecule has 2 heterocycles. The molecule has 0 radical (unpaired) electrons. The maximum absolute atomic E-state index is 13.7. The number of aliphatic hydroxyl groups is 2. The third-order valence-electron chi connectivity index (χ3n) is 7.70. The molecule has 0 fully saturated rings. The molecular weight excluding hydrogens is 512 g/mol. The number of halogens is 1. The van der Waals surface area contributed by atoms with E-state index in [0.717, 1.165) is 27.7 Å². The minimum absolute atomic E-state index is 0.00953. The second kappa shape index (κ2) is 9.65. The Balaban J connectivity index is 1.30. The summed E-state index contributed by atoms with van der Waals surface area (Å²) in [5.74, 6) is -1.03. The van der Waals surface area contributed by atoms with Gasteiger partial charge in [0.05, 0.1) is 23.5 Å². The number of amides is 2. The lowest BCUT2D eigenvalue weighted by Gasteiger charge is -2.28. The van der Waals surface area contributed by atoms with E-state index in [4.69, 9.17) is 16.7 Å². The number of carbonyl (C=O) groups excluding carboxylic acids is 2. The minimum Gasteiger partial charge on any atom is -0.396 e.